The summed E-state index contributed by atoms with van der Waals surface area (Å²) < 4.78 is 2.14. The van der Waals surface area contributed by atoms with Gasteiger partial charge in [0.05, 0.1) is 0 Å². The first-order valence-corrected chi connectivity index (χ1v) is 4.58. The molecule has 72 valence electrons. The van der Waals surface area contributed by atoms with E-state index in [2.05, 4.69) is 4.98 Å². The summed E-state index contributed by atoms with van der Waals surface area (Å²) in [5.41, 5.74) is 5.43. The third kappa shape index (κ3) is 1.98. The lowest BCUT2D eigenvalue weighted by molar-refractivity contribution is 0.520. The van der Waals surface area contributed by atoms with Crippen molar-refractivity contribution in [2.24, 2.45) is 0 Å². The molecule has 0 unspecified atom stereocenters. The van der Waals surface area contributed by atoms with Crippen molar-refractivity contribution in [2.45, 2.75) is 26.3 Å². The Labute approximate surface area is 81.4 Å². The fourth-order valence-electron chi connectivity index (χ4n) is 1.16. The molecule has 0 radical (unpaired) electrons. The van der Waals surface area contributed by atoms with E-state index in [0.717, 1.165) is 6.42 Å². The molecule has 13 heavy (non-hydrogen) atoms. The van der Waals surface area contributed by atoms with Crippen LogP contribution in [-0.4, -0.2) is 9.55 Å². The van der Waals surface area contributed by atoms with Crippen LogP contribution in [0.15, 0.2) is 10.9 Å². The molecule has 0 aliphatic heterocycles. The summed E-state index contributed by atoms with van der Waals surface area (Å²) in [4.78, 5) is 13.5. The average Bonchev–Trinajstić information content (AvgIpc) is 2.02. The molecule has 0 aliphatic carbocycles. The number of nitrogens with zero attached hydrogens (tertiary/aromatic N) is 1. The van der Waals surface area contributed by atoms with E-state index < -0.39 is 0 Å². The number of aromatic nitrogens is 2. The Morgan fingerprint density at radius 2 is 2.38 bits per heavy atom. The van der Waals surface area contributed by atoms with Gasteiger partial charge >= 0.3 is 0 Å². The van der Waals surface area contributed by atoms with Crippen LogP contribution < -0.4 is 11.3 Å². The number of anilines is 1. The number of aromatic amines is 1. The van der Waals surface area contributed by atoms with Gasteiger partial charge in [-0.05, 0) is 25.6 Å². The molecule has 0 aliphatic rings. The van der Waals surface area contributed by atoms with E-state index >= 15 is 0 Å². The summed E-state index contributed by atoms with van der Waals surface area (Å²) in [5, 5.41) is 0. The maximum atomic E-state index is 11.0. The summed E-state index contributed by atoms with van der Waals surface area (Å²) in [5.74, 6) is 0.420. The van der Waals surface area contributed by atoms with Crippen LogP contribution in [0.3, 0.4) is 0 Å². The first-order chi connectivity index (χ1) is 6.06. The zero-order chi connectivity index (χ0) is 10.0. The molecule has 1 rings (SSSR count). The molecule has 0 saturated heterocycles. The second-order valence-corrected chi connectivity index (χ2v) is 3.38. The lowest BCUT2D eigenvalue weighted by atomic mass is 10.2. The summed E-state index contributed by atoms with van der Waals surface area (Å²) in [6.07, 6.45) is 0.921. The first kappa shape index (κ1) is 9.98. The first-order valence-electron chi connectivity index (χ1n) is 4.17. The van der Waals surface area contributed by atoms with Crippen LogP contribution in [0.2, 0.25) is 0 Å². The molecule has 0 fully saturated rings. The van der Waals surface area contributed by atoms with Gasteiger partial charge in [-0.1, -0.05) is 6.92 Å². The summed E-state index contributed by atoms with van der Waals surface area (Å²) in [6, 6.07) is 1.56. The summed E-state index contributed by atoms with van der Waals surface area (Å²) in [7, 11) is 0. The van der Waals surface area contributed by atoms with Gasteiger partial charge in [-0.25, -0.2) is 0 Å². The van der Waals surface area contributed by atoms with Gasteiger partial charge in [0.1, 0.15) is 5.82 Å². The SMILES string of the molecule is CC[C@H](C)n1c(N)cc(=O)[nH]c1=S. The number of nitrogens with two attached hydrogens (primary N) is 1. The molecule has 1 heterocycles. The van der Waals surface area contributed by atoms with Gasteiger partial charge in [-0.15, -0.1) is 0 Å². The standard InChI is InChI=1S/C8H13N3OS/c1-3-5(2)11-6(9)4-7(12)10-8(11)13/h4-5H,3,9H2,1-2H3,(H,10,12,13)/t5-/m0/s1. The van der Waals surface area contributed by atoms with Crippen molar-refractivity contribution in [3.8, 4) is 0 Å². The smallest absolute Gasteiger partial charge is 0.253 e. The highest BCUT2D eigenvalue weighted by Crippen LogP contribution is 2.13. The predicted molar refractivity (Wildman–Crippen MR) is 55.3 cm³/mol. The second-order valence-electron chi connectivity index (χ2n) is 2.99. The molecular formula is C8H13N3OS. The Bertz CT molecular complexity index is 407. The van der Waals surface area contributed by atoms with Crippen LogP contribution in [-0.2, 0) is 0 Å². The number of H-pyrrole nitrogens is 1. The molecule has 0 amide bonds. The fraction of sp³-hybridized carbons (Fsp3) is 0.500. The van der Waals surface area contributed by atoms with Gasteiger partial charge in [-0.3, -0.25) is 9.78 Å². The highest BCUT2D eigenvalue weighted by Gasteiger charge is 2.05. The van der Waals surface area contributed by atoms with Gasteiger partial charge in [0, 0.05) is 12.1 Å². The van der Waals surface area contributed by atoms with Gasteiger partial charge in [0.15, 0.2) is 4.77 Å². The van der Waals surface area contributed by atoms with E-state index in [9.17, 15) is 4.79 Å². The zero-order valence-corrected chi connectivity index (χ0v) is 8.52. The van der Waals surface area contributed by atoms with Crippen molar-refractivity contribution in [3.05, 3.63) is 21.2 Å². The molecule has 0 saturated carbocycles. The number of hydrogen-bond acceptors (Lipinski definition) is 3. The quantitative estimate of drug-likeness (QED) is 0.709. The normalized spacial score (nSPS) is 12.8. The highest BCUT2D eigenvalue weighted by molar-refractivity contribution is 7.71. The van der Waals surface area contributed by atoms with Crippen LogP contribution >= 0.6 is 12.2 Å². The van der Waals surface area contributed by atoms with E-state index in [1.807, 2.05) is 13.8 Å². The Balaban J connectivity index is 3.37. The number of nitrogens with one attached hydrogen (secondary N) is 1. The minimum absolute atomic E-state index is 0.212. The average molecular weight is 199 g/mol. The Morgan fingerprint density at radius 3 is 2.85 bits per heavy atom. The van der Waals surface area contributed by atoms with Crippen LogP contribution in [0.5, 0.6) is 0 Å². The topological polar surface area (TPSA) is 63.8 Å². The van der Waals surface area contributed by atoms with Crippen molar-refractivity contribution >= 4 is 18.0 Å². The molecule has 1 aromatic heterocycles. The molecule has 0 aromatic carbocycles. The molecule has 1 aromatic rings. The largest absolute Gasteiger partial charge is 0.385 e. The Hall–Kier alpha value is -1.10. The number of rotatable bonds is 2. The van der Waals surface area contributed by atoms with Gasteiger partial charge in [-0.2, -0.15) is 0 Å². The monoisotopic (exact) mass is 199 g/mol. The van der Waals surface area contributed by atoms with Crippen molar-refractivity contribution in [3.63, 3.8) is 0 Å². The Kier molecular flexibility index (Phi) is 2.87. The summed E-state index contributed by atoms with van der Waals surface area (Å²) in [6.45, 7) is 4.04. The fourth-order valence-corrected chi connectivity index (χ4v) is 1.55. The predicted octanol–water partition coefficient (Wildman–Crippen LogP) is 1.46. The van der Waals surface area contributed by atoms with Crippen molar-refractivity contribution in [1.29, 1.82) is 0 Å². The maximum absolute atomic E-state index is 11.0. The molecule has 1 atom stereocenters. The van der Waals surface area contributed by atoms with Gasteiger partial charge in [0.25, 0.3) is 5.56 Å². The van der Waals surface area contributed by atoms with E-state index in [4.69, 9.17) is 18.0 Å². The molecule has 4 nitrogen and oxygen atoms in total. The van der Waals surface area contributed by atoms with Crippen LogP contribution in [0.25, 0.3) is 0 Å². The number of nitrogen functional groups attached to an aromatic ring is 1. The van der Waals surface area contributed by atoms with E-state index in [0.29, 0.717) is 10.6 Å². The van der Waals surface area contributed by atoms with Crippen LogP contribution in [0.4, 0.5) is 5.82 Å². The molecule has 3 N–H and O–H groups in total. The molecule has 0 spiro atoms. The van der Waals surface area contributed by atoms with Gasteiger partial charge < -0.3 is 10.3 Å². The highest BCUT2D eigenvalue weighted by atomic mass is 32.1. The third-order valence-electron chi connectivity index (χ3n) is 2.04. The lowest BCUT2D eigenvalue weighted by Gasteiger charge is -2.15. The Morgan fingerprint density at radius 1 is 1.77 bits per heavy atom. The minimum atomic E-state index is -0.248. The van der Waals surface area contributed by atoms with E-state index in [-0.39, 0.29) is 11.6 Å². The van der Waals surface area contributed by atoms with Crippen LogP contribution in [0.1, 0.15) is 26.3 Å². The lowest BCUT2D eigenvalue weighted by Crippen LogP contribution is -2.18. The molecule has 5 heteroatoms. The maximum Gasteiger partial charge on any atom is 0.253 e. The second kappa shape index (κ2) is 3.74. The van der Waals surface area contributed by atoms with Gasteiger partial charge in [0.2, 0.25) is 0 Å². The van der Waals surface area contributed by atoms with Crippen molar-refractivity contribution < 1.29 is 0 Å². The number of hydrogen-bond donors (Lipinski definition) is 2. The third-order valence-corrected chi connectivity index (χ3v) is 2.34. The van der Waals surface area contributed by atoms with E-state index in [1.165, 1.54) is 6.07 Å². The molecule has 0 bridgehead atoms. The molecular weight excluding hydrogens is 186 g/mol. The zero-order valence-electron chi connectivity index (χ0n) is 7.70. The van der Waals surface area contributed by atoms with E-state index in [1.54, 1.807) is 4.57 Å². The minimum Gasteiger partial charge on any atom is -0.385 e. The van der Waals surface area contributed by atoms with Crippen molar-refractivity contribution in [2.75, 3.05) is 5.73 Å². The summed E-state index contributed by atoms with van der Waals surface area (Å²) >= 11 is 5.00. The van der Waals surface area contributed by atoms with Crippen LogP contribution in [0, 0.1) is 4.77 Å². The van der Waals surface area contributed by atoms with Crippen molar-refractivity contribution in [1.82, 2.24) is 9.55 Å².